The van der Waals surface area contributed by atoms with Crippen LogP contribution >= 0.6 is 11.6 Å². The monoisotopic (exact) mass is 362 g/mol. The summed E-state index contributed by atoms with van der Waals surface area (Å²) in [5, 5.41) is 10.3. The first-order valence-corrected chi connectivity index (χ1v) is 7.56. The number of halogens is 1. The number of para-hydroxylation sites is 1. The molecule has 2 aromatic rings. The SMILES string of the molecule is Cc1cccc(C(=O)OCC(=O)NNC(=O)c2ccc(Cl)cc2)c1O. The van der Waals surface area contributed by atoms with Crippen LogP contribution in [0.1, 0.15) is 26.3 Å². The van der Waals surface area contributed by atoms with Crippen molar-refractivity contribution in [1.29, 1.82) is 0 Å². The highest BCUT2D eigenvalue weighted by molar-refractivity contribution is 6.30. The molecule has 3 N–H and O–H groups in total. The Bertz CT molecular complexity index is 805. The van der Waals surface area contributed by atoms with Crippen LogP contribution in [0.5, 0.6) is 5.75 Å². The number of aromatic hydroxyl groups is 1. The third-order valence-electron chi connectivity index (χ3n) is 3.21. The van der Waals surface area contributed by atoms with E-state index in [9.17, 15) is 19.5 Å². The first-order chi connectivity index (χ1) is 11.9. The van der Waals surface area contributed by atoms with Gasteiger partial charge in [0, 0.05) is 10.6 Å². The van der Waals surface area contributed by atoms with E-state index in [1.165, 1.54) is 30.3 Å². The number of ether oxygens (including phenoxy) is 1. The van der Waals surface area contributed by atoms with E-state index in [-0.39, 0.29) is 11.3 Å². The van der Waals surface area contributed by atoms with Crippen molar-refractivity contribution in [3.8, 4) is 5.75 Å². The number of hydrazine groups is 1. The summed E-state index contributed by atoms with van der Waals surface area (Å²) in [6.45, 7) is 1.01. The molecule has 0 unspecified atom stereocenters. The molecular weight excluding hydrogens is 348 g/mol. The van der Waals surface area contributed by atoms with Gasteiger partial charge in [-0.2, -0.15) is 0 Å². The number of phenolic OH excluding ortho intramolecular Hbond substituents is 1. The van der Waals surface area contributed by atoms with Crippen molar-refractivity contribution in [1.82, 2.24) is 10.9 Å². The van der Waals surface area contributed by atoms with E-state index in [0.717, 1.165) is 0 Å². The maximum atomic E-state index is 11.9. The summed E-state index contributed by atoms with van der Waals surface area (Å²) in [5.74, 6) is -2.33. The number of hydrogen-bond donors (Lipinski definition) is 3. The second kappa shape index (κ2) is 8.16. The topological polar surface area (TPSA) is 105 Å². The Balaban J connectivity index is 1.82. The van der Waals surface area contributed by atoms with E-state index in [2.05, 4.69) is 10.9 Å². The van der Waals surface area contributed by atoms with Gasteiger partial charge in [0.15, 0.2) is 6.61 Å². The van der Waals surface area contributed by atoms with Gasteiger partial charge in [0.05, 0.1) is 0 Å². The van der Waals surface area contributed by atoms with Gasteiger partial charge in [0.1, 0.15) is 11.3 Å². The molecule has 0 saturated heterocycles. The molecule has 0 fully saturated rings. The van der Waals surface area contributed by atoms with Gasteiger partial charge >= 0.3 is 5.97 Å². The molecule has 7 nitrogen and oxygen atoms in total. The van der Waals surface area contributed by atoms with Crippen molar-refractivity contribution in [2.24, 2.45) is 0 Å². The molecule has 0 spiro atoms. The van der Waals surface area contributed by atoms with Gasteiger partial charge in [-0.1, -0.05) is 23.7 Å². The van der Waals surface area contributed by atoms with Crippen LogP contribution in [0.2, 0.25) is 5.02 Å². The number of carbonyl (C=O) groups excluding carboxylic acids is 3. The third-order valence-corrected chi connectivity index (χ3v) is 3.47. The molecule has 2 amide bonds. The van der Waals surface area contributed by atoms with Crippen LogP contribution in [0.15, 0.2) is 42.5 Å². The largest absolute Gasteiger partial charge is 0.507 e. The van der Waals surface area contributed by atoms with Crippen molar-refractivity contribution in [3.63, 3.8) is 0 Å². The highest BCUT2D eigenvalue weighted by Crippen LogP contribution is 2.21. The number of amides is 2. The predicted octanol–water partition coefficient (Wildman–Crippen LogP) is 1.97. The molecule has 0 atom stereocenters. The summed E-state index contributed by atoms with van der Waals surface area (Å²) >= 11 is 5.72. The fraction of sp³-hybridized carbons (Fsp3) is 0.118. The summed E-state index contributed by atoms with van der Waals surface area (Å²) in [5.41, 5.74) is 5.06. The number of esters is 1. The Morgan fingerprint density at radius 3 is 2.44 bits per heavy atom. The van der Waals surface area contributed by atoms with E-state index in [0.29, 0.717) is 16.1 Å². The minimum absolute atomic E-state index is 0.0435. The number of carbonyl (C=O) groups is 3. The molecular formula is C17H15ClN2O5. The maximum Gasteiger partial charge on any atom is 0.342 e. The Hall–Kier alpha value is -3.06. The van der Waals surface area contributed by atoms with E-state index in [4.69, 9.17) is 16.3 Å². The van der Waals surface area contributed by atoms with Crippen molar-refractivity contribution >= 4 is 29.4 Å². The van der Waals surface area contributed by atoms with Gasteiger partial charge in [-0.05, 0) is 42.8 Å². The maximum absolute atomic E-state index is 11.9. The zero-order valence-electron chi connectivity index (χ0n) is 13.2. The molecule has 0 aromatic heterocycles. The zero-order valence-corrected chi connectivity index (χ0v) is 14.0. The Morgan fingerprint density at radius 1 is 1.08 bits per heavy atom. The smallest absolute Gasteiger partial charge is 0.342 e. The van der Waals surface area contributed by atoms with Crippen LogP contribution in [0, 0.1) is 6.92 Å². The summed E-state index contributed by atoms with van der Waals surface area (Å²) in [6, 6.07) is 10.6. The molecule has 25 heavy (non-hydrogen) atoms. The van der Waals surface area contributed by atoms with E-state index >= 15 is 0 Å². The lowest BCUT2D eigenvalue weighted by Gasteiger charge is -2.09. The summed E-state index contributed by atoms with van der Waals surface area (Å²) < 4.78 is 4.80. The Morgan fingerprint density at radius 2 is 1.76 bits per heavy atom. The van der Waals surface area contributed by atoms with Crippen molar-refractivity contribution in [3.05, 3.63) is 64.2 Å². The van der Waals surface area contributed by atoms with Crippen LogP contribution in [0.4, 0.5) is 0 Å². The standard InChI is InChI=1S/C17H15ClN2O5/c1-10-3-2-4-13(15(10)22)17(24)25-9-14(21)19-20-16(23)11-5-7-12(18)8-6-11/h2-8,22H,9H2,1H3,(H,19,21)(H,20,23). The van der Waals surface area contributed by atoms with Crippen molar-refractivity contribution in [2.45, 2.75) is 6.92 Å². The number of hydrogen-bond acceptors (Lipinski definition) is 5. The molecule has 0 aliphatic carbocycles. The fourth-order valence-corrected chi connectivity index (χ4v) is 1.99. The second-order valence-corrected chi connectivity index (χ2v) is 5.49. The van der Waals surface area contributed by atoms with Crippen LogP contribution < -0.4 is 10.9 Å². The second-order valence-electron chi connectivity index (χ2n) is 5.06. The number of phenols is 1. The number of benzene rings is 2. The van der Waals surface area contributed by atoms with Gasteiger partial charge < -0.3 is 9.84 Å². The summed E-state index contributed by atoms with van der Waals surface area (Å²) in [6.07, 6.45) is 0. The molecule has 0 bridgehead atoms. The minimum atomic E-state index is -0.847. The lowest BCUT2D eigenvalue weighted by Crippen LogP contribution is -2.43. The Labute approximate surface area is 148 Å². The van der Waals surface area contributed by atoms with Gasteiger partial charge in [0.2, 0.25) is 0 Å². The van der Waals surface area contributed by atoms with Crippen molar-refractivity contribution in [2.75, 3.05) is 6.61 Å². The van der Waals surface area contributed by atoms with Crippen LogP contribution in [0.25, 0.3) is 0 Å². The molecule has 2 aromatic carbocycles. The van der Waals surface area contributed by atoms with Gasteiger partial charge in [-0.15, -0.1) is 0 Å². The average Bonchev–Trinajstić information content (AvgIpc) is 2.60. The quantitative estimate of drug-likeness (QED) is 0.569. The third kappa shape index (κ3) is 4.95. The molecule has 0 saturated carbocycles. The lowest BCUT2D eigenvalue weighted by atomic mass is 10.1. The fourth-order valence-electron chi connectivity index (χ4n) is 1.87. The molecule has 2 rings (SSSR count). The van der Waals surface area contributed by atoms with E-state index < -0.39 is 24.4 Å². The van der Waals surface area contributed by atoms with Gasteiger partial charge in [0.25, 0.3) is 11.8 Å². The average molecular weight is 363 g/mol. The molecule has 8 heteroatoms. The number of rotatable bonds is 4. The summed E-state index contributed by atoms with van der Waals surface area (Å²) in [7, 11) is 0. The summed E-state index contributed by atoms with van der Waals surface area (Å²) in [4.78, 5) is 35.3. The highest BCUT2D eigenvalue weighted by Gasteiger charge is 2.15. The minimum Gasteiger partial charge on any atom is -0.507 e. The molecule has 0 radical (unpaired) electrons. The predicted molar refractivity (Wildman–Crippen MR) is 90.2 cm³/mol. The Kier molecular flexibility index (Phi) is 5.97. The molecule has 0 heterocycles. The molecule has 130 valence electrons. The molecule has 0 aliphatic rings. The first-order valence-electron chi connectivity index (χ1n) is 7.19. The van der Waals surface area contributed by atoms with Gasteiger partial charge in [-0.25, -0.2) is 4.79 Å². The van der Waals surface area contributed by atoms with E-state index in [1.54, 1.807) is 19.1 Å². The first kappa shape index (κ1) is 18.3. The van der Waals surface area contributed by atoms with Crippen LogP contribution in [-0.4, -0.2) is 29.5 Å². The van der Waals surface area contributed by atoms with Crippen LogP contribution in [0.3, 0.4) is 0 Å². The van der Waals surface area contributed by atoms with Crippen LogP contribution in [-0.2, 0) is 9.53 Å². The van der Waals surface area contributed by atoms with Gasteiger partial charge in [-0.3, -0.25) is 20.4 Å². The lowest BCUT2D eigenvalue weighted by molar-refractivity contribution is -0.125. The van der Waals surface area contributed by atoms with Crippen molar-refractivity contribution < 1.29 is 24.2 Å². The molecule has 0 aliphatic heterocycles. The highest BCUT2D eigenvalue weighted by atomic mass is 35.5. The normalized spacial score (nSPS) is 10.0. The number of nitrogens with one attached hydrogen (secondary N) is 2. The zero-order chi connectivity index (χ0) is 18.4. The van der Waals surface area contributed by atoms with E-state index in [1.807, 2.05) is 0 Å². The number of aryl methyl sites for hydroxylation is 1.